The third-order valence-corrected chi connectivity index (χ3v) is 4.71. The molecular formula is C24H24N2O4. The Morgan fingerprint density at radius 1 is 0.933 bits per heavy atom. The number of benzene rings is 3. The second kappa shape index (κ2) is 9.22. The van der Waals surface area contributed by atoms with E-state index in [2.05, 4.69) is 10.6 Å². The topological polar surface area (TPSA) is 84.5 Å². The van der Waals surface area contributed by atoms with Gasteiger partial charge < -0.3 is 15.4 Å². The summed E-state index contributed by atoms with van der Waals surface area (Å²) in [5.41, 5.74) is 1.83. The van der Waals surface area contributed by atoms with E-state index in [1.807, 2.05) is 49.4 Å². The van der Waals surface area contributed by atoms with Gasteiger partial charge in [0.05, 0.1) is 11.7 Å². The summed E-state index contributed by atoms with van der Waals surface area (Å²) in [5, 5.41) is 7.79. The van der Waals surface area contributed by atoms with Crippen LogP contribution in [0.1, 0.15) is 42.7 Å². The highest BCUT2D eigenvalue weighted by molar-refractivity contribution is 5.97. The van der Waals surface area contributed by atoms with Crippen molar-refractivity contribution in [3.8, 4) is 5.75 Å². The molecule has 0 saturated heterocycles. The molecule has 0 radical (unpaired) electrons. The predicted molar refractivity (Wildman–Crippen MR) is 117 cm³/mol. The van der Waals surface area contributed by atoms with Crippen LogP contribution >= 0.6 is 0 Å². The van der Waals surface area contributed by atoms with Crippen molar-refractivity contribution in [2.75, 3.05) is 11.9 Å². The van der Waals surface area contributed by atoms with Crippen molar-refractivity contribution in [1.82, 2.24) is 5.32 Å². The van der Waals surface area contributed by atoms with Crippen LogP contribution in [0.15, 0.2) is 60.7 Å². The Hall–Kier alpha value is -3.67. The fourth-order valence-electron chi connectivity index (χ4n) is 3.14. The number of hydrogen-bond donors (Lipinski definition) is 2. The number of nitrogens with one attached hydrogen (secondary N) is 2. The van der Waals surface area contributed by atoms with Crippen LogP contribution in [0.3, 0.4) is 0 Å². The highest BCUT2D eigenvalue weighted by atomic mass is 16.5. The molecule has 6 heteroatoms. The molecule has 1 unspecified atom stereocenters. The maximum Gasteiger partial charge on any atom is 0.258 e. The lowest BCUT2D eigenvalue weighted by molar-refractivity contribution is -0.123. The number of anilines is 1. The van der Waals surface area contributed by atoms with Crippen LogP contribution in [0.2, 0.25) is 0 Å². The summed E-state index contributed by atoms with van der Waals surface area (Å²) in [4.78, 5) is 35.5. The molecule has 3 aromatic carbocycles. The third kappa shape index (κ3) is 5.23. The molecule has 0 bridgehead atoms. The van der Waals surface area contributed by atoms with E-state index in [0.717, 1.165) is 16.3 Å². The molecule has 0 fully saturated rings. The van der Waals surface area contributed by atoms with Gasteiger partial charge in [0.25, 0.3) is 5.91 Å². The van der Waals surface area contributed by atoms with Gasteiger partial charge in [-0.3, -0.25) is 14.4 Å². The minimum atomic E-state index is -0.308. The lowest BCUT2D eigenvalue weighted by atomic mass is 10.0. The average molecular weight is 404 g/mol. The molecule has 1 atom stereocenters. The molecule has 0 aliphatic heterocycles. The molecule has 0 saturated carbocycles. The van der Waals surface area contributed by atoms with E-state index < -0.39 is 0 Å². The van der Waals surface area contributed by atoms with Crippen molar-refractivity contribution in [2.45, 2.75) is 26.8 Å². The second-order valence-electron chi connectivity index (χ2n) is 7.13. The highest BCUT2D eigenvalue weighted by Gasteiger charge is 2.14. The Morgan fingerprint density at radius 2 is 1.67 bits per heavy atom. The first-order chi connectivity index (χ1) is 14.3. The average Bonchev–Trinajstić information content (AvgIpc) is 2.72. The van der Waals surface area contributed by atoms with Crippen LogP contribution in [0.25, 0.3) is 10.8 Å². The molecule has 0 aliphatic carbocycles. The van der Waals surface area contributed by atoms with Crippen molar-refractivity contribution in [3.63, 3.8) is 0 Å². The van der Waals surface area contributed by atoms with Crippen LogP contribution in [0.4, 0.5) is 5.69 Å². The van der Waals surface area contributed by atoms with Gasteiger partial charge in [0, 0.05) is 12.5 Å². The Bertz CT molecular complexity index is 1110. The van der Waals surface area contributed by atoms with E-state index in [4.69, 9.17) is 4.74 Å². The minimum Gasteiger partial charge on any atom is -0.482 e. The van der Waals surface area contributed by atoms with Gasteiger partial charge in [-0.05, 0) is 54.4 Å². The summed E-state index contributed by atoms with van der Waals surface area (Å²) >= 11 is 0. The lowest BCUT2D eigenvalue weighted by Gasteiger charge is -2.17. The summed E-state index contributed by atoms with van der Waals surface area (Å²) in [7, 11) is 0. The molecule has 2 N–H and O–H groups in total. The summed E-state index contributed by atoms with van der Waals surface area (Å²) in [6, 6.07) is 18.6. The van der Waals surface area contributed by atoms with Crippen LogP contribution in [0.5, 0.6) is 5.75 Å². The zero-order valence-electron chi connectivity index (χ0n) is 17.2. The van der Waals surface area contributed by atoms with Crippen LogP contribution < -0.4 is 15.4 Å². The first-order valence-corrected chi connectivity index (χ1v) is 9.67. The molecule has 30 heavy (non-hydrogen) atoms. The number of Topliss-reactive ketones (excluding diaryl/α,β-unsaturated/α-hetero) is 1. The molecular weight excluding hydrogens is 380 g/mol. The maximum absolute atomic E-state index is 12.4. The molecule has 0 spiro atoms. The smallest absolute Gasteiger partial charge is 0.258 e. The van der Waals surface area contributed by atoms with E-state index in [-0.39, 0.29) is 36.0 Å². The fourth-order valence-corrected chi connectivity index (χ4v) is 3.14. The SMILES string of the molecule is CC(=O)Nc1ccc(C(C)=O)cc1OCC(=O)NC(C)c1ccc2ccccc2c1. The first-order valence-electron chi connectivity index (χ1n) is 9.67. The zero-order chi connectivity index (χ0) is 21.7. The molecule has 0 aromatic heterocycles. The van der Waals surface area contributed by atoms with Crippen LogP contribution in [0, 0.1) is 0 Å². The summed E-state index contributed by atoms with van der Waals surface area (Å²) < 4.78 is 5.62. The monoisotopic (exact) mass is 404 g/mol. The largest absolute Gasteiger partial charge is 0.482 e. The van der Waals surface area contributed by atoms with E-state index in [1.165, 1.54) is 19.9 Å². The Kier molecular flexibility index (Phi) is 6.47. The highest BCUT2D eigenvalue weighted by Crippen LogP contribution is 2.26. The van der Waals surface area contributed by atoms with Crippen molar-refractivity contribution in [2.24, 2.45) is 0 Å². The quantitative estimate of drug-likeness (QED) is 0.577. The summed E-state index contributed by atoms with van der Waals surface area (Å²) in [6.45, 7) is 4.47. The van der Waals surface area contributed by atoms with Gasteiger partial charge in [0.15, 0.2) is 12.4 Å². The van der Waals surface area contributed by atoms with Gasteiger partial charge in [-0.1, -0.05) is 36.4 Å². The van der Waals surface area contributed by atoms with Gasteiger partial charge >= 0.3 is 0 Å². The van der Waals surface area contributed by atoms with Gasteiger partial charge in [0.2, 0.25) is 5.91 Å². The number of fused-ring (bicyclic) bond motifs is 1. The summed E-state index contributed by atoms with van der Waals surface area (Å²) in [5.74, 6) is -0.447. The van der Waals surface area contributed by atoms with Crippen molar-refractivity contribution >= 4 is 34.1 Å². The van der Waals surface area contributed by atoms with E-state index in [9.17, 15) is 14.4 Å². The Morgan fingerprint density at radius 3 is 2.37 bits per heavy atom. The predicted octanol–water partition coefficient (Wildman–Crippen LogP) is 4.26. The minimum absolute atomic E-state index is 0.136. The Labute approximate surface area is 175 Å². The molecule has 3 aromatic rings. The number of carbonyl (C=O) groups is 3. The number of amides is 2. The standard InChI is InChI=1S/C24H24N2O4/c1-15(19-9-8-18-6-4-5-7-21(18)12-19)25-24(29)14-30-23-13-20(16(2)27)10-11-22(23)26-17(3)28/h4-13,15H,14H2,1-3H3,(H,25,29)(H,26,28). The van der Waals surface area contributed by atoms with Crippen molar-refractivity contribution in [3.05, 3.63) is 71.8 Å². The normalized spacial score (nSPS) is 11.6. The van der Waals surface area contributed by atoms with Gasteiger partial charge in [0.1, 0.15) is 5.75 Å². The van der Waals surface area contributed by atoms with Gasteiger partial charge in [-0.15, -0.1) is 0 Å². The number of carbonyl (C=O) groups excluding carboxylic acids is 3. The van der Waals surface area contributed by atoms with Crippen molar-refractivity contribution < 1.29 is 19.1 Å². The number of ketones is 1. The zero-order valence-corrected chi connectivity index (χ0v) is 17.2. The Balaban J connectivity index is 1.67. The fraction of sp³-hybridized carbons (Fsp3) is 0.208. The van der Waals surface area contributed by atoms with E-state index >= 15 is 0 Å². The lowest BCUT2D eigenvalue weighted by Crippen LogP contribution is -2.31. The van der Waals surface area contributed by atoms with Gasteiger partial charge in [-0.2, -0.15) is 0 Å². The molecule has 2 amide bonds. The molecule has 154 valence electrons. The second-order valence-corrected chi connectivity index (χ2v) is 7.13. The summed E-state index contributed by atoms with van der Waals surface area (Å²) in [6.07, 6.45) is 0. The van der Waals surface area contributed by atoms with E-state index in [1.54, 1.807) is 12.1 Å². The third-order valence-electron chi connectivity index (χ3n) is 4.71. The molecule has 3 rings (SSSR count). The number of ether oxygens (including phenoxy) is 1. The van der Waals surface area contributed by atoms with Gasteiger partial charge in [-0.25, -0.2) is 0 Å². The van der Waals surface area contributed by atoms with Crippen LogP contribution in [-0.4, -0.2) is 24.2 Å². The van der Waals surface area contributed by atoms with Crippen LogP contribution in [-0.2, 0) is 9.59 Å². The maximum atomic E-state index is 12.4. The molecule has 6 nitrogen and oxygen atoms in total. The number of hydrogen-bond acceptors (Lipinski definition) is 4. The number of rotatable bonds is 7. The van der Waals surface area contributed by atoms with E-state index in [0.29, 0.717) is 11.3 Å². The first kappa shape index (κ1) is 21.0. The molecule has 0 aliphatic rings. The molecule has 0 heterocycles. The van der Waals surface area contributed by atoms with Crippen molar-refractivity contribution in [1.29, 1.82) is 0 Å².